The summed E-state index contributed by atoms with van der Waals surface area (Å²) in [4.78, 5) is 14.5. The number of piperidine rings is 1. The summed E-state index contributed by atoms with van der Waals surface area (Å²) in [6.07, 6.45) is -5.86. The Labute approximate surface area is 177 Å². The molecule has 2 aromatic rings. The number of carbonyl (C=O) groups is 1. The van der Waals surface area contributed by atoms with E-state index < -0.39 is 41.4 Å². The van der Waals surface area contributed by atoms with Crippen LogP contribution in [-0.2, 0) is 22.1 Å². The van der Waals surface area contributed by atoms with Crippen LogP contribution in [-0.4, -0.2) is 24.9 Å². The molecule has 1 heterocycles. The van der Waals surface area contributed by atoms with Crippen molar-refractivity contribution in [3.8, 4) is 0 Å². The molecule has 3 rings (SSSR count). The van der Waals surface area contributed by atoms with Gasteiger partial charge in [0.15, 0.2) is 0 Å². The molecule has 1 aliphatic rings. The summed E-state index contributed by atoms with van der Waals surface area (Å²) in [6.45, 7) is -0.428. The molecule has 1 amide bonds. The maximum Gasteiger partial charge on any atom is 0.505 e. The minimum atomic E-state index is -4.78. The Morgan fingerprint density at radius 2 is 1.80 bits per heavy atom. The van der Waals surface area contributed by atoms with Gasteiger partial charge in [-0.15, -0.1) is 0 Å². The summed E-state index contributed by atoms with van der Waals surface area (Å²) < 4.78 is 77.9. The second-order valence-electron chi connectivity index (χ2n) is 6.76. The molecule has 0 spiro atoms. The molecule has 0 unspecified atom stereocenters. The average Bonchev–Trinajstić information content (AvgIpc) is 2.67. The predicted molar refractivity (Wildman–Crippen MR) is 104 cm³/mol. The van der Waals surface area contributed by atoms with Crippen LogP contribution in [0, 0.1) is 0 Å². The third kappa shape index (κ3) is 5.04. The lowest BCUT2D eigenvalue weighted by atomic mass is 10.0. The SMILES string of the molecule is O=[S+]c1cccc(NC(=O)c2cc(Cl)c(C(F)(F)F)cc2N2CCC(F)(F)CC2)c1. The molecular weight excluding hydrogens is 451 g/mol. The molecule has 30 heavy (non-hydrogen) atoms. The van der Waals surface area contributed by atoms with E-state index in [1.165, 1.54) is 29.2 Å². The Bertz CT molecular complexity index is 974. The minimum Gasteiger partial charge on any atom is -0.370 e. The fraction of sp³-hybridized carbons (Fsp3) is 0.316. The van der Waals surface area contributed by atoms with Gasteiger partial charge in [-0.2, -0.15) is 13.2 Å². The first-order chi connectivity index (χ1) is 14.0. The van der Waals surface area contributed by atoms with Crippen LogP contribution >= 0.6 is 11.6 Å². The first-order valence-corrected chi connectivity index (χ1v) is 9.87. The van der Waals surface area contributed by atoms with Gasteiger partial charge in [0.1, 0.15) is 0 Å². The quantitative estimate of drug-likeness (QED) is 0.470. The number of carbonyl (C=O) groups excluding carboxylic acids is 1. The first kappa shape index (κ1) is 22.4. The van der Waals surface area contributed by atoms with Crippen LogP contribution in [0.2, 0.25) is 5.02 Å². The van der Waals surface area contributed by atoms with Crippen molar-refractivity contribution in [1.82, 2.24) is 0 Å². The van der Waals surface area contributed by atoms with E-state index >= 15 is 0 Å². The number of halogens is 6. The fourth-order valence-corrected chi connectivity index (χ4v) is 3.70. The van der Waals surface area contributed by atoms with Crippen LogP contribution < -0.4 is 10.2 Å². The molecule has 0 atom stereocenters. The van der Waals surface area contributed by atoms with Gasteiger partial charge >= 0.3 is 17.8 Å². The minimum absolute atomic E-state index is 0.130. The highest BCUT2D eigenvalue weighted by Crippen LogP contribution is 2.40. The van der Waals surface area contributed by atoms with E-state index in [1.54, 1.807) is 0 Å². The molecule has 0 aliphatic carbocycles. The van der Waals surface area contributed by atoms with Crippen LogP contribution in [0.5, 0.6) is 0 Å². The highest BCUT2D eigenvalue weighted by Gasteiger charge is 2.38. The van der Waals surface area contributed by atoms with Gasteiger partial charge in [-0.1, -0.05) is 17.7 Å². The third-order valence-corrected chi connectivity index (χ3v) is 5.42. The van der Waals surface area contributed by atoms with Crippen LogP contribution in [0.4, 0.5) is 33.3 Å². The highest BCUT2D eigenvalue weighted by atomic mass is 35.5. The normalized spacial score (nSPS) is 16.3. The van der Waals surface area contributed by atoms with Gasteiger partial charge in [0.05, 0.1) is 21.8 Å². The molecule has 1 fully saturated rings. The number of benzene rings is 2. The van der Waals surface area contributed by atoms with Crippen molar-refractivity contribution >= 4 is 40.5 Å². The zero-order valence-electron chi connectivity index (χ0n) is 15.2. The van der Waals surface area contributed by atoms with E-state index in [-0.39, 0.29) is 41.7 Å². The number of alkyl halides is 5. The van der Waals surface area contributed by atoms with E-state index in [0.29, 0.717) is 11.0 Å². The van der Waals surface area contributed by atoms with E-state index in [2.05, 4.69) is 5.32 Å². The smallest absolute Gasteiger partial charge is 0.370 e. The Morgan fingerprint density at radius 3 is 2.40 bits per heavy atom. The Balaban J connectivity index is 2.00. The number of hydrogen-bond acceptors (Lipinski definition) is 3. The molecule has 160 valence electrons. The Morgan fingerprint density at radius 1 is 1.13 bits per heavy atom. The lowest BCUT2D eigenvalue weighted by molar-refractivity contribution is -0.137. The van der Waals surface area contributed by atoms with Gasteiger partial charge in [0, 0.05) is 48.0 Å². The molecule has 1 N–H and O–H groups in total. The van der Waals surface area contributed by atoms with E-state index in [9.17, 15) is 31.0 Å². The molecule has 0 aromatic heterocycles. The Kier molecular flexibility index (Phi) is 6.28. The Hall–Kier alpha value is -2.33. The molecule has 0 saturated carbocycles. The summed E-state index contributed by atoms with van der Waals surface area (Å²) in [5, 5.41) is 1.83. The first-order valence-electron chi connectivity index (χ1n) is 8.75. The number of amides is 1. The van der Waals surface area contributed by atoms with Crippen molar-refractivity contribution < 1.29 is 31.0 Å². The molecule has 1 saturated heterocycles. The van der Waals surface area contributed by atoms with E-state index in [4.69, 9.17) is 11.6 Å². The van der Waals surface area contributed by atoms with Crippen molar-refractivity contribution in [2.45, 2.75) is 29.8 Å². The van der Waals surface area contributed by atoms with Gasteiger partial charge in [0.25, 0.3) is 16.7 Å². The van der Waals surface area contributed by atoms with Gasteiger partial charge < -0.3 is 10.2 Å². The summed E-state index contributed by atoms with van der Waals surface area (Å²) in [7, 11) is 0. The van der Waals surface area contributed by atoms with Crippen molar-refractivity contribution in [1.29, 1.82) is 0 Å². The monoisotopic (exact) mass is 465 g/mol. The summed E-state index contributed by atoms with van der Waals surface area (Å²) in [6, 6.07) is 7.57. The zero-order chi connectivity index (χ0) is 22.1. The molecule has 1 aliphatic heterocycles. The van der Waals surface area contributed by atoms with Crippen LogP contribution in [0.3, 0.4) is 0 Å². The lowest BCUT2D eigenvalue weighted by Crippen LogP contribution is -2.40. The number of hydrogen-bond donors (Lipinski definition) is 1. The van der Waals surface area contributed by atoms with Gasteiger partial charge in [-0.25, -0.2) is 8.78 Å². The predicted octanol–water partition coefficient (Wildman–Crippen LogP) is 5.63. The average molecular weight is 466 g/mol. The van der Waals surface area contributed by atoms with Gasteiger partial charge in [0.2, 0.25) is 0 Å². The van der Waals surface area contributed by atoms with Crippen LogP contribution in [0.25, 0.3) is 0 Å². The summed E-state index contributed by atoms with van der Waals surface area (Å²) >= 11 is 5.99. The van der Waals surface area contributed by atoms with Crippen LogP contribution in [0.1, 0.15) is 28.8 Å². The number of nitrogens with one attached hydrogen (secondary N) is 1. The third-order valence-electron chi connectivity index (χ3n) is 4.66. The molecule has 0 radical (unpaired) electrons. The van der Waals surface area contributed by atoms with Crippen molar-refractivity contribution in [3.05, 3.63) is 52.5 Å². The molecule has 0 bridgehead atoms. The molecular formula is C19H15ClF5N2O2S+. The van der Waals surface area contributed by atoms with Crippen molar-refractivity contribution in [3.63, 3.8) is 0 Å². The molecule has 4 nitrogen and oxygen atoms in total. The van der Waals surface area contributed by atoms with Crippen molar-refractivity contribution in [2.24, 2.45) is 0 Å². The summed E-state index contributed by atoms with van der Waals surface area (Å²) in [5.41, 5.74) is -1.21. The number of rotatable bonds is 4. The van der Waals surface area contributed by atoms with E-state index in [1.807, 2.05) is 0 Å². The topological polar surface area (TPSA) is 49.4 Å². The lowest BCUT2D eigenvalue weighted by Gasteiger charge is -2.34. The largest absolute Gasteiger partial charge is 0.505 e. The second-order valence-corrected chi connectivity index (χ2v) is 7.80. The maximum absolute atomic E-state index is 13.5. The van der Waals surface area contributed by atoms with Gasteiger partial charge in [-0.3, -0.25) is 4.79 Å². The van der Waals surface area contributed by atoms with Crippen molar-refractivity contribution in [2.75, 3.05) is 23.3 Å². The summed E-state index contributed by atoms with van der Waals surface area (Å²) in [5.74, 6) is -3.68. The maximum atomic E-state index is 13.5. The van der Waals surface area contributed by atoms with E-state index in [0.717, 1.165) is 6.07 Å². The molecule has 11 heteroatoms. The van der Waals surface area contributed by atoms with Crippen LogP contribution in [0.15, 0.2) is 41.3 Å². The second kappa shape index (κ2) is 8.43. The highest BCUT2D eigenvalue weighted by molar-refractivity contribution is 7.65. The van der Waals surface area contributed by atoms with Gasteiger partial charge in [-0.05, 0) is 18.2 Å². The number of nitrogens with zero attached hydrogens (tertiary/aromatic N) is 1. The standard InChI is InChI=1S/C19H14ClF5N2O2S/c20-15-9-13(17(28)26-11-2-1-3-12(8-11)30-29)16(10-14(15)19(23,24)25)27-6-4-18(21,22)5-7-27/h1-3,8-10H,4-7H2/p+1. The molecule has 2 aromatic carbocycles. The fourth-order valence-electron chi connectivity index (χ4n) is 3.12. The number of anilines is 2. The zero-order valence-corrected chi connectivity index (χ0v) is 16.8.